The van der Waals surface area contributed by atoms with Crippen molar-refractivity contribution >= 4 is 12.1 Å². The second-order valence-electron chi connectivity index (χ2n) is 6.80. The first kappa shape index (κ1) is 19.9. The molecule has 2 aromatic carbocycles. The molecule has 1 aliphatic rings. The molecule has 0 bridgehead atoms. The Labute approximate surface area is 165 Å². The van der Waals surface area contributed by atoms with E-state index in [-0.39, 0.29) is 25.8 Å². The summed E-state index contributed by atoms with van der Waals surface area (Å²) in [5.74, 6) is -0.431. The molecule has 6 heteroatoms. The Kier molecular flexibility index (Phi) is 7.44. The Morgan fingerprint density at radius 1 is 0.857 bits per heavy atom. The number of carbonyl (C=O) groups is 2. The lowest BCUT2D eigenvalue weighted by molar-refractivity contribution is -0.146. The highest BCUT2D eigenvalue weighted by Gasteiger charge is 2.29. The molecule has 3 rings (SSSR count). The monoisotopic (exact) mass is 382 g/mol. The topological polar surface area (TPSA) is 67.9 Å². The first-order valence-corrected chi connectivity index (χ1v) is 9.60. The number of hydrogen-bond donors (Lipinski definition) is 1. The summed E-state index contributed by atoms with van der Waals surface area (Å²) < 4.78 is 10.8. The van der Waals surface area contributed by atoms with Gasteiger partial charge in [-0.1, -0.05) is 60.7 Å². The van der Waals surface area contributed by atoms with Crippen LogP contribution < -0.4 is 5.32 Å². The van der Waals surface area contributed by atoms with Gasteiger partial charge in [-0.05, 0) is 37.1 Å². The molecule has 6 nitrogen and oxygen atoms in total. The number of benzene rings is 2. The van der Waals surface area contributed by atoms with E-state index in [0.717, 1.165) is 37.1 Å². The maximum atomic E-state index is 12.7. The first-order chi connectivity index (χ1) is 13.7. The Hall–Kier alpha value is -2.86. The van der Waals surface area contributed by atoms with Gasteiger partial charge in [0.15, 0.2) is 0 Å². The van der Waals surface area contributed by atoms with Crippen molar-refractivity contribution in [2.75, 3.05) is 19.6 Å². The maximum Gasteiger partial charge on any atom is 0.410 e. The fourth-order valence-electron chi connectivity index (χ4n) is 3.19. The molecule has 28 heavy (non-hydrogen) atoms. The Bertz CT molecular complexity index is 746. The van der Waals surface area contributed by atoms with E-state index in [2.05, 4.69) is 5.32 Å². The van der Waals surface area contributed by atoms with Crippen LogP contribution in [0.25, 0.3) is 0 Å². The summed E-state index contributed by atoms with van der Waals surface area (Å²) in [6, 6.07) is 19.0. The standard InChI is InChI=1S/C22H26N2O4/c25-21(27-16-18-7-3-1-4-8-18)15-24(20-11-13-23-14-12-20)22(26)28-17-19-9-5-2-6-10-19/h1-10,20,23H,11-17H2. The lowest BCUT2D eigenvalue weighted by atomic mass is 10.1. The minimum atomic E-state index is -0.479. The van der Waals surface area contributed by atoms with Crippen molar-refractivity contribution in [1.29, 1.82) is 0 Å². The number of carbonyl (C=O) groups excluding carboxylic acids is 2. The van der Waals surface area contributed by atoms with Gasteiger partial charge in [-0.2, -0.15) is 0 Å². The number of hydrogen-bond acceptors (Lipinski definition) is 5. The summed E-state index contributed by atoms with van der Waals surface area (Å²) in [6.45, 7) is 1.89. The zero-order valence-electron chi connectivity index (χ0n) is 15.9. The molecule has 0 atom stereocenters. The highest BCUT2D eigenvalue weighted by molar-refractivity contribution is 5.78. The lowest BCUT2D eigenvalue weighted by Gasteiger charge is -2.33. The van der Waals surface area contributed by atoms with E-state index in [1.807, 2.05) is 60.7 Å². The molecule has 2 aromatic rings. The number of esters is 1. The molecule has 1 N–H and O–H groups in total. The van der Waals surface area contributed by atoms with Crippen molar-refractivity contribution in [3.63, 3.8) is 0 Å². The van der Waals surface area contributed by atoms with Crippen LogP contribution in [0.2, 0.25) is 0 Å². The van der Waals surface area contributed by atoms with Crippen LogP contribution in [0.15, 0.2) is 60.7 Å². The molecule has 0 unspecified atom stereocenters. The van der Waals surface area contributed by atoms with Crippen LogP contribution in [0.1, 0.15) is 24.0 Å². The third-order valence-corrected chi connectivity index (χ3v) is 4.73. The molecule has 0 aromatic heterocycles. The van der Waals surface area contributed by atoms with Crippen LogP contribution in [-0.2, 0) is 27.5 Å². The van der Waals surface area contributed by atoms with Crippen LogP contribution in [0.3, 0.4) is 0 Å². The van der Waals surface area contributed by atoms with Crippen molar-refractivity contribution in [3.8, 4) is 0 Å². The summed E-state index contributed by atoms with van der Waals surface area (Å²) in [4.78, 5) is 26.6. The van der Waals surface area contributed by atoms with Gasteiger partial charge in [0.2, 0.25) is 0 Å². The van der Waals surface area contributed by atoms with Gasteiger partial charge < -0.3 is 14.8 Å². The third-order valence-electron chi connectivity index (χ3n) is 4.73. The molecule has 0 radical (unpaired) electrons. The predicted molar refractivity (Wildman–Crippen MR) is 105 cm³/mol. The van der Waals surface area contributed by atoms with E-state index in [1.165, 1.54) is 4.90 Å². The van der Waals surface area contributed by atoms with E-state index in [9.17, 15) is 9.59 Å². The van der Waals surface area contributed by atoms with Crippen molar-refractivity contribution in [1.82, 2.24) is 10.2 Å². The van der Waals surface area contributed by atoms with E-state index >= 15 is 0 Å². The largest absolute Gasteiger partial charge is 0.459 e. The zero-order chi connectivity index (χ0) is 19.6. The van der Waals surface area contributed by atoms with Gasteiger partial charge in [0.25, 0.3) is 0 Å². The minimum Gasteiger partial charge on any atom is -0.459 e. The molecule has 148 valence electrons. The number of rotatable bonds is 7. The normalized spacial score (nSPS) is 14.3. The number of amides is 1. The minimum absolute atomic E-state index is 0.0335. The Morgan fingerprint density at radius 2 is 1.39 bits per heavy atom. The van der Waals surface area contributed by atoms with Gasteiger partial charge in [0, 0.05) is 6.04 Å². The molecule has 0 spiro atoms. The van der Waals surface area contributed by atoms with E-state index < -0.39 is 12.1 Å². The van der Waals surface area contributed by atoms with Crippen LogP contribution >= 0.6 is 0 Å². The van der Waals surface area contributed by atoms with E-state index in [4.69, 9.17) is 9.47 Å². The second kappa shape index (κ2) is 10.5. The highest BCUT2D eigenvalue weighted by atomic mass is 16.6. The van der Waals surface area contributed by atoms with Crippen molar-refractivity contribution in [2.45, 2.75) is 32.1 Å². The maximum absolute atomic E-state index is 12.7. The molecule has 0 saturated carbocycles. The van der Waals surface area contributed by atoms with Crippen LogP contribution in [0.4, 0.5) is 4.79 Å². The number of nitrogens with one attached hydrogen (secondary N) is 1. The van der Waals surface area contributed by atoms with E-state index in [1.54, 1.807) is 0 Å². The van der Waals surface area contributed by atoms with Gasteiger partial charge in [-0.25, -0.2) is 4.79 Å². The molecule has 0 aliphatic carbocycles. The highest BCUT2D eigenvalue weighted by Crippen LogP contribution is 2.15. The third kappa shape index (κ3) is 6.09. The summed E-state index contributed by atoms with van der Waals surface area (Å²) in [5.41, 5.74) is 1.82. The smallest absolute Gasteiger partial charge is 0.410 e. The van der Waals surface area contributed by atoms with Crippen molar-refractivity contribution in [3.05, 3.63) is 71.8 Å². The summed E-state index contributed by atoms with van der Waals surface area (Å²) in [6.07, 6.45) is 1.09. The average molecular weight is 382 g/mol. The van der Waals surface area contributed by atoms with E-state index in [0.29, 0.717) is 0 Å². The predicted octanol–water partition coefficient (Wildman–Crippen LogP) is 3.12. The molecular weight excluding hydrogens is 356 g/mol. The van der Waals surface area contributed by atoms with Crippen LogP contribution in [0.5, 0.6) is 0 Å². The summed E-state index contributed by atoms with van der Waals surface area (Å²) >= 11 is 0. The molecule has 1 heterocycles. The average Bonchev–Trinajstić information content (AvgIpc) is 2.76. The second-order valence-corrected chi connectivity index (χ2v) is 6.80. The van der Waals surface area contributed by atoms with Gasteiger partial charge in [-0.3, -0.25) is 9.69 Å². The van der Waals surface area contributed by atoms with Gasteiger partial charge >= 0.3 is 12.1 Å². The number of ether oxygens (including phenoxy) is 2. The van der Waals surface area contributed by atoms with Crippen molar-refractivity contribution < 1.29 is 19.1 Å². The molecule has 1 amide bonds. The lowest BCUT2D eigenvalue weighted by Crippen LogP contribution is -2.48. The van der Waals surface area contributed by atoms with Crippen LogP contribution in [0, 0.1) is 0 Å². The number of piperidine rings is 1. The molecule has 1 fully saturated rings. The molecular formula is C22H26N2O4. The van der Waals surface area contributed by atoms with Crippen LogP contribution in [-0.4, -0.2) is 42.6 Å². The molecule has 1 aliphatic heterocycles. The summed E-state index contributed by atoms with van der Waals surface area (Å²) in [7, 11) is 0. The van der Waals surface area contributed by atoms with Gasteiger partial charge in [0.05, 0.1) is 0 Å². The quantitative estimate of drug-likeness (QED) is 0.745. The molecule has 1 saturated heterocycles. The van der Waals surface area contributed by atoms with Gasteiger partial charge in [0.1, 0.15) is 19.8 Å². The number of nitrogens with zero attached hydrogens (tertiary/aromatic N) is 1. The first-order valence-electron chi connectivity index (χ1n) is 9.60. The fourth-order valence-corrected chi connectivity index (χ4v) is 3.19. The van der Waals surface area contributed by atoms with Crippen molar-refractivity contribution in [2.24, 2.45) is 0 Å². The fraction of sp³-hybridized carbons (Fsp3) is 0.364. The SMILES string of the molecule is O=C(CN(C(=O)OCc1ccccc1)C1CCNCC1)OCc1ccccc1. The Morgan fingerprint density at radius 3 is 1.96 bits per heavy atom. The van der Waals surface area contributed by atoms with Gasteiger partial charge in [-0.15, -0.1) is 0 Å². The Balaban J connectivity index is 1.57. The zero-order valence-corrected chi connectivity index (χ0v) is 15.9. The summed E-state index contributed by atoms with van der Waals surface area (Å²) in [5, 5.41) is 3.27.